The van der Waals surface area contributed by atoms with Gasteiger partial charge in [0.25, 0.3) is 0 Å². The summed E-state index contributed by atoms with van der Waals surface area (Å²) in [5, 5.41) is 4.68. The number of nitrogen functional groups attached to an aromatic ring is 1. The first kappa shape index (κ1) is 17.5. The minimum Gasteiger partial charge on any atom is -0.382 e. The average molecular weight is 339 g/mol. The van der Waals surface area contributed by atoms with Gasteiger partial charge >= 0.3 is 0 Å². The van der Waals surface area contributed by atoms with E-state index in [1.165, 1.54) is 18.4 Å². The van der Waals surface area contributed by atoms with E-state index >= 15 is 0 Å². The van der Waals surface area contributed by atoms with E-state index in [1.54, 1.807) is 0 Å². The van der Waals surface area contributed by atoms with E-state index in [2.05, 4.69) is 48.6 Å². The minimum absolute atomic E-state index is 0.507. The van der Waals surface area contributed by atoms with Crippen molar-refractivity contribution in [2.24, 2.45) is 5.92 Å². The number of hydrogen-bond acceptors (Lipinski definition) is 4. The van der Waals surface area contributed by atoms with Crippen molar-refractivity contribution in [3.63, 3.8) is 0 Å². The number of unbranched alkanes of at least 4 members (excludes halogenated alkanes) is 2. The fraction of sp³-hybridized carbons (Fsp3) is 0.500. The number of anilines is 2. The number of rotatable bonds is 7. The third kappa shape index (κ3) is 3.41. The molecule has 5 heteroatoms. The third-order valence-electron chi connectivity index (χ3n) is 4.55. The zero-order valence-electron chi connectivity index (χ0n) is 15.8. The summed E-state index contributed by atoms with van der Waals surface area (Å²) in [4.78, 5) is 9.40. The molecule has 3 rings (SSSR count). The van der Waals surface area contributed by atoms with Crippen LogP contribution in [0.3, 0.4) is 0 Å². The molecule has 0 unspecified atom stereocenters. The highest BCUT2D eigenvalue weighted by Crippen LogP contribution is 2.33. The molecule has 0 radical (unpaired) electrons. The molecule has 1 aromatic carbocycles. The van der Waals surface area contributed by atoms with E-state index in [0.717, 1.165) is 47.4 Å². The Morgan fingerprint density at radius 3 is 2.72 bits per heavy atom. The molecule has 0 saturated heterocycles. The second-order valence-electron chi connectivity index (χ2n) is 7.24. The van der Waals surface area contributed by atoms with Gasteiger partial charge in [0.2, 0.25) is 5.95 Å². The predicted molar refractivity (Wildman–Crippen MR) is 107 cm³/mol. The molecule has 0 fully saturated rings. The fourth-order valence-corrected chi connectivity index (χ4v) is 3.37. The number of imidazole rings is 1. The molecular weight excluding hydrogens is 310 g/mol. The van der Waals surface area contributed by atoms with Crippen molar-refractivity contribution in [1.82, 2.24) is 14.5 Å². The summed E-state index contributed by atoms with van der Waals surface area (Å²) in [5.74, 6) is 1.93. The van der Waals surface area contributed by atoms with Crippen molar-refractivity contribution < 1.29 is 0 Å². The van der Waals surface area contributed by atoms with Gasteiger partial charge in [-0.05, 0) is 30.9 Å². The maximum absolute atomic E-state index is 6.25. The average Bonchev–Trinajstić information content (AvgIpc) is 2.90. The zero-order chi connectivity index (χ0) is 18.0. The maximum Gasteiger partial charge on any atom is 0.204 e. The standard InChI is InChI=1S/C20H29N5/c1-5-6-7-11-22-20-24-17-18(25(20)12-13(2)3)16-14(4)9-8-10-15(16)23-19(17)21/h8-10,13H,5-7,11-12H2,1-4H3,(H2,21,23)(H,22,24). The summed E-state index contributed by atoms with van der Waals surface area (Å²) < 4.78 is 2.29. The first-order valence-corrected chi connectivity index (χ1v) is 9.31. The van der Waals surface area contributed by atoms with Crippen LogP contribution < -0.4 is 11.1 Å². The van der Waals surface area contributed by atoms with Crippen molar-refractivity contribution >= 4 is 33.7 Å². The highest BCUT2D eigenvalue weighted by molar-refractivity contribution is 6.08. The van der Waals surface area contributed by atoms with Crippen LogP contribution in [0.1, 0.15) is 45.6 Å². The van der Waals surface area contributed by atoms with Crippen LogP contribution in [0.25, 0.3) is 21.9 Å². The van der Waals surface area contributed by atoms with Gasteiger partial charge in [0.05, 0.1) is 11.0 Å². The Morgan fingerprint density at radius 2 is 2.00 bits per heavy atom. The Morgan fingerprint density at radius 1 is 1.20 bits per heavy atom. The highest BCUT2D eigenvalue weighted by atomic mass is 15.2. The van der Waals surface area contributed by atoms with Crippen LogP contribution in [0.5, 0.6) is 0 Å². The minimum atomic E-state index is 0.507. The van der Waals surface area contributed by atoms with Crippen LogP contribution in [-0.2, 0) is 6.54 Å². The number of nitrogens with two attached hydrogens (primary N) is 1. The van der Waals surface area contributed by atoms with Gasteiger partial charge in [-0.25, -0.2) is 9.97 Å². The molecule has 25 heavy (non-hydrogen) atoms. The molecule has 0 amide bonds. The number of pyridine rings is 1. The van der Waals surface area contributed by atoms with E-state index in [0.29, 0.717) is 11.7 Å². The van der Waals surface area contributed by atoms with Gasteiger partial charge in [0, 0.05) is 18.5 Å². The topological polar surface area (TPSA) is 68.8 Å². The van der Waals surface area contributed by atoms with Crippen molar-refractivity contribution in [1.29, 1.82) is 0 Å². The van der Waals surface area contributed by atoms with Gasteiger partial charge in [-0.1, -0.05) is 45.7 Å². The Labute approximate surface area is 149 Å². The largest absolute Gasteiger partial charge is 0.382 e. The number of aryl methyl sites for hydroxylation is 1. The number of aromatic nitrogens is 3. The molecule has 0 aliphatic heterocycles. The zero-order valence-corrected chi connectivity index (χ0v) is 15.8. The van der Waals surface area contributed by atoms with E-state index in [4.69, 9.17) is 10.7 Å². The van der Waals surface area contributed by atoms with Crippen LogP contribution in [0.2, 0.25) is 0 Å². The van der Waals surface area contributed by atoms with Crippen molar-refractivity contribution in [2.45, 2.75) is 53.5 Å². The summed E-state index contributed by atoms with van der Waals surface area (Å²) in [6.45, 7) is 10.6. The number of fused-ring (bicyclic) bond motifs is 3. The number of hydrogen-bond donors (Lipinski definition) is 2. The molecule has 2 heterocycles. The molecular formula is C20H29N5. The van der Waals surface area contributed by atoms with Crippen molar-refractivity contribution in [3.05, 3.63) is 23.8 Å². The van der Waals surface area contributed by atoms with Gasteiger partial charge < -0.3 is 15.6 Å². The third-order valence-corrected chi connectivity index (χ3v) is 4.55. The fourth-order valence-electron chi connectivity index (χ4n) is 3.37. The summed E-state index contributed by atoms with van der Waals surface area (Å²) in [6, 6.07) is 6.18. The summed E-state index contributed by atoms with van der Waals surface area (Å²) >= 11 is 0. The summed E-state index contributed by atoms with van der Waals surface area (Å²) in [5.41, 5.74) is 10.3. The lowest BCUT2D eigenvalue weighted by Crippen LogP contribution is -2.12. The normalized spacial score (nSPS) is 11.7. The van der Waals surface area contributed by atoms with Gasteiger partial charge in [0.15, 0.2) is 5.82 Å². The van der Waals surface area contributed by atoms with Gasteiger partial charge in [-0.2, -0.15) is 0 Å². The second-order valence-corrected chi connectivity index (χ2v) is 7.24. The molecule has 0 bridgehead atoms. The number of nitrogens with zero attached hydrogens (tertiary/aromatic N) is 3. The van der Waals surface area contributed by atoms with Crippen LogP contribution in [0, 0.1) is 12.8 Å². The maximum atomic E-state index is 6.25. The summed E-state index contributed by atoms with van der Waals surface area (Å²) in [6.07, 6.45) is 3.59. The number of nitrogens with one attached hydrogen (secondary N) is 1. The monoisotopic (exact) mass is 339 g/mol. The summed E-state index contributed by atoms with van der Waals surface area (Å²) in [7, 11) is 0. The lowest BCUT2D eigenvalue weighted by molar-refractivity contribution is 0.536. The van der Waals surface area contributed by atoms with Gasteiger partial charge in [-0.15, -0.1) is 0 Å². The second kappa shape index (κ2) is 7.30. The van der Waals surface area contributed by atoms with E-state index in [-0.39, 0.29) is 0 Å². The Kier molecular flexibility index (Phi) is 5.11. The van der Waals surface area contributed by atoms with Crippen LogP contribution >= 0.6 is 0 Å². The first-order valence-electron chi connectivity index (χ1n) is 9.31. The highest BCUT2D eigenvalue weighted by Gasteiger charge is 2.18. The molecule has 5 nitrogen and oxygen atoms in total. The Bertz CT molecular complexity index is 879. The lowest BCUT2D eigenvalue weighted by Gasteiger charge is -2.14. The molecule has 0 saturated carbocycles. The van der Waals surface area contributed by atoms with Gasteiger partial charge in [0.1, 0.15) is 5.52 Å². The predicted octanol–water partition coefficient (Wildman–Crippen LogP) is 4.73. The molecule has 0 atom stereocenters. The molecule has 134 valence electrons. The van der Waals surface area contributed by atoms with Crippen LogP contribution in [0.15, 0.2) is 18.2 Å². The molecule has 2 aromatic heterocycles. The SMILES string of the molecule is CCCCCNc1nc2c(N)nc3cccc(C)c3c2n1CC(C)C. The van der Waals surface area contributed by atoms with E-state index < -0.39 is 0 Å². The van der Waals surface area contributed by atoms with E-state index in [1.807, 2.05) is 12.1 Å². The quantitative estimate of drug-likeness (QED) is 0.610. The molecule has 0 spiro atoms. The Hall–Kier alpha value is -2.30. The number of benzene rings is 1. The first-order chi connectivity index (χ1) is 12.0. The van der Waals surface area contributed by atoms with E-state index in [9.17, 15) is 0 Å². The molecule has 0 aliphatic carbocycles. The van der Waals surface area contributed by atoms with Crippen LogP contribution in [0.4, 0.5) is 11.8 Å². The molecule has 0 aliphatic rings. The van der Waals surface area contributed by atoms with Gasteiger partial charge in [-0.3, -0.25) is 0 Å². The van der Waals surface area contributed by atoms with Crippen LogP contribution in [-0.4, -0.2) is 21.1 Å². The lowest BCUT2D eigenvalue weighted by atomic mass is 10.1. The Balaban J connectivity index is 2.19. The molecule has 3 aromatic rings. The van der Waals surface area contributed by atoms with Crippen molar-refractivity contribution in [2.75, 3.05) is 17.6 Å². The molecule has 3 N–H and O–H groups in total. The smallest absolute Gasteiger partial charge is 0.204 e. The van der Waals surface area contributed by atoms with Crippen molar-refractivity contribution in [3.8, 4) is 0 Å².